The molecule has 0 radical (unpaired) electrons. The van der Waals surface area contributed by atoms with Gasteiger partial charge in [0.25, 0.3) is 0 Å². The lowest BCUT2D eigenvalue weighted by Crippen LogP contribution is -2.51. The average Bonchev–Trinajstić information content (AvgIpc) is 2.61. The fraction of sp³-hybridized carbons (Fsp3) is 0.316. The lowest BCUT2D eigenvalue weighted by atomic mass is 9.94. The van der Waals surface area contributed by atoms with E-state index in [9.17, 15) is 22.8 Å². The molecule has 0 saturated carbocycles. The van der Waals surface area contributed by atoms with E-state index in [0.29, 0.717) is 12.1 Å². The highest BCUT2D eigenvalue weighted by molar-refractivity contribution is 6.35. The first-order valence-electron chi connectivity index (χ1n) is 8.47. The van der Waals surface area contributed by atoms with Crippen molar-refractivity contribution in [1.82, 2.24) is 15.2 Å². The van der Waals surface area contributed by atoms with Crippen LogP contribution in [0.1, 0.15) is 42.2 Å². The molecule has 2 heterocycles. The molecule has 1 aromatic carbocycles. The summed E-state index contributed by atoms with van der Waals surface area (Å²) in [6.45, 7) is 2.07. The van der Waals surface area contributed by atoms with Gasteiger partial charge >= 0.3 is 18.0 Å². The van der Waals surface area contributed by atoms with Crippen LogP contribution in [-0.2, 0) is 15.8 Å². The van der Waals surface area contributed by atoms with E-state index in [4.69, 9.17) is 0 Å². The second kappa shape index (κ2) is 7.38. The summed E-state index contributed by atoms with van der Waals surface area (Å²) >= 11 is 0. The Labute approximate surface area is 154 Å². The number of benzene rings is 1. The van der Waals surface area contributed by atoms with Crippen molar-refractivity contribution < 1.29 is 22.8 Å². The molecule has 3 rings (SSSR count). The summed E-state index contributed by atoms with van der Waals surface area (Å²) in [4.78, 5) is 29.5. The van der Waals surface area contributed by atoms with Crippen LogP contribution in [0.5, 0.6) is 0 Å². The zero-order valence-electron chi connectivity index (χ0n) is 14.5. The molecular weight excluding hydrogens is 359 g/mol. The number of aromatic nitrogens is 1. The molecule has 0 spiro atoms. The largest absolute Gasteiger partial charge is 0.433 e. The van der Waals surface area contributed by atoms with Crippen molar-refractivity contribution in [3.63, 3.8) is 0 Å². The number of pyridine rings is 1. The van der Waals surface area contributed by atoms with Gasteiger partial charge in [-0.25, -0.2) is 0 Å². The van der Waals surface area contributed by atoms with Crippen LogP contribution in [0.15, 0.2) is 48.7 Å². The molecule has 142 valence electrons. The Bertz CT molecular complexity index is 822. The molecule has 5 nitrogen and oxygen atoms in total. The highest BCUT2D eigenvalue weighted by atomic mass is 19.4. The van der Waals surface area contributed by atoms with Gasteiger partial charge < -0.3 is 10.2 Å². The van der Waals surface area contributed by atoms with E-state index in [1.54, 1.807) is 6.92 Å². The van der Waals surface area contributed by atoms with E-state index in [0.717, 1.165) is 24.2 Å². The Balaban J connectivity index is 1.62. The number of hydrogen-bond donors (Lipinski definition) is 1. The highest BCUT2D eigenvalue weighted by Crippen LogP contribution is 2.33. The van der Waals surface area contributed by atoms with Crippen LogP contribution in [0, 0.1) is 0 Å². The van der Waals surface area contributed by atoms with E-state index >= 15 is 0 Å². The smallest absolute Gasteiger partial charge is 0.341 e. The number of amides is 2. The van der Waals surface area contributed by atoms with E-state index < -0.39 is 29.7 Å². The van der Waals surface area contributed by atoms with Crippen LogP contribution in [0.4, 0.5) is 13.2 Å². The van der Waals surface area contributed by atoms with Crippen molar-refractivity contribution in [2.75, 3.05) is 6.54 Å². The molecule has 27 heavy (non-hydrogen) atoms. The molecule has 0 aliphatic carbocycles. The molecule has 1 N–H and O–H groups in total. The van der Waals surface area contributed by atoms with Crippen LogP contribution in [0.2, 0.25) is 0 Å². The molecule has 8 heteroatoms. The summed E-state index contributed by atoms with van der Waals surface area (Å²) in [6, 6.07) is 10.7. The Hall–Kier alpha value is -2.90. The van der Waals surface area contributed by atoms with Gasteiger partial charge in [-0.3, -0.25) is 14.6 Å². The monoisotopic (exact) mass is 377 g/mol. The number of hydrogen-bond acceptors (Lipinski definition) is 3. The number of alkyl halides is 3. The fourth-order valence-corrected chi connectivity index (χ4v) is 2.95. The number of nitrogens with one attached hydrogen (secondary N) is 1. The first kappa shape index (κ1) is 18.9. The molecule has 1 unspecified atom stereocenters. The summed E-state index contributed by atoms with van der Waals surface area (Å²) in [5.74, 6) is -1.44. The lowest BCUT2D eigenvalue weighted by Gasteiger charge is -2.40. The van der Waals surface area contributed by atoms with Crippen molar-refractivity contribution in [1.29, 1.82) is 0 Å². The Morgan fingerprint density at radius 2 is 1.89 bits per heavy atom. The summed E-state index contributed by atoms with van der Waals surface area (Å²) in [5, 5.41) is 2.52. The van der Waals surface area contributed by atoms with Crippen molar-refractivity contribution in [2.24, 2.45) is 0 Å². The van der Waals surface area contributed by atoms with Gasteiger partial charge in [-0.2, -0.15) is 13.2 Å². The Kier molecular flexibility index (Phi) is 5.16. The fourth-order valence-electron chi connectivity index (χ4n) is 2.95. The van der Waals surface area contributed by atoms with Gasteiger partial charge in [-0.15, -0.1) is 0 Å². The molecule has 2 atom stereocenters. The quantitative estimate of drug-likeness (QED) is 0.836. The number of carbonyl (C=O) groups is 2. The van der Waals surface area contributed by atoms with Crippen molar-refractivity contribution in [3.8, 4) is 0 Å². The number of likely N-dealkylation sites (tertiary alicyclic amines) is 1. The van der Waals surface area contributed by atoms with Crippen LogP contribution in [-0.4, -0.2) is 28.2 Å². The van der Waals surface area contributed by atoms with E-state index in [1.807, 2.05) is 30.3 Å². The number of nitrogens with zero attached hydrogens (tertiary/aromatic N) is 2. The minimum Gasteiger partial charge on any atom is -0.341 e. The third-order valence-electron chi connectivity index (χ3n) is 4.58. The summed E-state index contributed by atoms with van der Waals surface area (Å²) < 4.78 is 37.7. The molecule has 1 aliphatic rings. The van der Waals surface area contributed by atoms with Gasteiger partial charge in [-0.1, -0.05) is 36.4 Å². The topological polar surface area (TPSA) is 62.3 Å². The second-order valence-corrected chi connectivity index (χ2v) is 6.38. The minimum absolute atomic E-state index is 0.132. The first-order valence-corrected chi connectivity index (χ1v) is 8.47. The van der Waals surface area contributed by atoms with Gasteiger partial charge in [-0.05, 0) is 30.5 Å². The first-order chi connectivity index (χ1) is 12.8. The zero-order valence-corrected chi connectivity index (χ0v) is 14.5. The molecule has 2 aromatic rings. The van der Waals surface area contributed by atoms with Gasteiger partial charge in [0.05, 0.1) is 12.1 Å². The third-order valence-corrected chi connectivity index (χ3v) is 4.58. The highest BCUT2D eigenvalue weighted by Gasteiger charge is 2.37. The second-order valence-electron chi connectivity index (χ2n) is 6.38. The maximum absolute atomic E-state index is 12.6. The van der Waals surface area contributed by atoms with Gasteiger partial charge in [0, 0.05) is 12.7 Å². The number of halogens is 3. The summed E-state index contributed by atoms with van der Waals surface area (Å²) in [7, 11) is 0. The van der Waals surface area contributed by atoms with Crippen LogP contribution >= 0.6 is 0 Å². The maximum atomic E-state index is 12.6. The number of carbonyl (C=O) groups excluding carboxylic acids is 2. The molecule has 1 saturated heterocycles. The molecular formula is C19H18F3N3O2. The predicted molar refractivity (Wildman–Crippen MR) is 91.3 cm³/mol. The lowest BCUT2D eigenvalue weighted by molar-refractivity contribution is -0.151. The van der Waals surface area contributed by atoms with E-state index in [1.165, 1.54) is 11.0 Å². The Morgan fingerprint density at radius 3 is 2.41 bits per heavy atom. The standard InChI is InChI=1S/C19H18F3N3O2/c1-12(14-7-8-16(23-11-14)19(20,21)22)24-17(26)18(27)25-10-9-15(25)13-5-3-2-4-6-13/h2-8,11-12,15H,9-10H2,1H3,(H,24,26)/t12-,15?/m1/s1. The maximum Gasteiger partial charge on any atom is 0.433 e. The van der Waals surface area contributed by atoms with Gasteiger partial charge in [0.2, 0.25) is 0 Å². The number of rotatable bonds is 3. The van der Waals surface area contributed by atoms with Crippen LogP contribution < -0.4 is 5.32 Å². The predicted octanol–water partition coefficient (Wildman–Crippen LogP) is 3.25. The minimum atomic E-state index is -4.52. The average molecular weight is 377 g/mol. The van der Waals surface area contributed by atoms with Gasteiger partial charge in [0.15, 0.2) is 0 Å². The SMILES string of the molecule is C[C@@H](NC(=O)C(=O)N1CCC1c1ccccc1)c1ccc(C(F)(F)F)nc1. The molecule has 1 fully saturated rings. The molecule has 1 aliphatic heterocycles. The molecule has 1 aromatic heterocycles. The van der Waals surface area contributed by atoms with E-state index in [-0.39, 0.29) is 6.04 Å². The third kappa shape index (κ3) is 4.10. The van der Waals surface area contributed by atoms with E-state index in [2.05, 4.69) is 10.3 Å². The summed E-state index contributed by atoms with van der Waals surface area (Å²) in [5.41, 5.74) is 0.337. The Morgan fingerprint density at radius 1 is 1.19 bits per heavy atom. The van der Waals surface area contributed by atoms with Crippen LogP contribution in [0.3, 0.4) is 0 Å². The van der Waals surface area contributed by atoms with Crippen molar-refractivity contribution in [2.45, 2.75) is 31.6 Å². The van der Waals surface area contributed by atoms with Crippen molar-refractivity contribution in [3.05, 3.63) is 65.5 Å². The van der Waals surface area contributed by atoms with Crippen LogP contribution in [0.25, 0.3) is 0 Å². The zero-order chi connectivity index (χ0) is 19.6. The van der Waals surface area contributed by atoms with Crippen molar-refractivity contribution >= 4 is 11.8 Å². The molecule has 0 bridgehead atoms. The van der Waals surface area contributed by atoms with Gasteiger partial charge in [0.1, 0.15) is 5.69 Å². The summed E-state index contributed by atoms with van der Waals surface area (Å²) in [6.07, 6.45) is -2.69. The molecule has 2 amide bonds. The normalized spacial score (nSPS) is 17.8.